The average molecular weight is 490 g/mol. The largest absolute Gasteiger partial charge is 0.508 e. The quantitative estimate of drug-likeness (QED) is 0.234. The Kier molecular flexibility index (Phi) is 8.06. The first-order valence-electron chi connectivity index (χ1n) is 10.8. The number of Topliss-reactive ketones (excluding diaryl/α,β-unsaturated/α-hetero) is 1. The summed E-state index contributed by atoms with van der Waals surface area (Å²) in [6.07, 6.45) is 0.535. The van der Waals surface area contributed by atoms with Crippen molar-refractivity contribution >= 4 is 29.1 Å². The summed E-state index contributed by atoms with van der Waals surface area (Å²) in [6.45, 7) is 4.47. The number of ketones is 1. The number of carbonyl (C=O) groups is 2. The molecule has 1 atom stereocenters. The molecule has 0 aromatic heterocycles. The van der Waals surface area contributed by atoms with Gasteiger partial charge >= 0.3 is 0 Å². The van der Waals surface area contributed by atoms with E-state index in [1.54, 1.807) is 12.1 Å². The number of hydrogen-bond acceptors (Lipinski definition) is 7. The zero-order chi connectivity index (χ0) is 25.0. The van der Waals surface area contributed by atoms with Crippen LogP contribution in [0.2, 0.25) is 5.02 Å². The fraction of sp³-hybridized carbons (Fsp3) is 0.360. The first-order valence-corrected chi connectivity index (χ1v) is 11.2. The van der Waals surface area contributed by atoms with Crippen LogP contribution in [0.4, 0.5) is 0 Å². The Morgan fingerprint density at radius 2 is 1.74 bits per heavy atom. The van der Waals surface area contributed by atoms with Crippen molar-refractivity contribution in [2.75, 3.05) is 27.4 Å². The van der Waals surface area contributed by atoms with Gasteiger partial charge in [-0.15, -0.1) is 0 Å². The lowest BCUT2D eigenvalue weighted by Gasteiger charge is -2.25. The van der Waals surface area contributed by atoms with Crippen molar-refractivity contribution in [1.29, 1.82) is 0 Å². The Morgan fingerprint density at radius 3 is 2.32 bits per heavy atom. The highest BCUT2D eigenvalue weighted by atomic mass is 35.5. The maximum Gasteiger partial charge on any atom is 0.295 e. The van der Waals surface area contributed by atoms with E-state index in [9.17, 15) is 19.8 Å². The highest BCUT2D eigenvalue weighted by molar-refractivity contribution is 6.46. The van der Waals surface area contributed by atoms with Crippen LogP contribution in [0.3, 0.4) is 0 Å². The summed E-state index contributed by atoms with van der Waals surface area (Å²) in [7, 11) is 2.85. The summed E-state index contributed by atoms with van der Waals surface area (Å²) < 4.78 is 16.1. The molecule has 1 heterocycles. The Bertz CT molecular complexity index is 1100. The highest BCUT2D eigenvalue weighted by Crippen LogP contribution is 2.43. The zero-order valence-corrected chi connectivity index (χ0v) is 20.3. The van der Waals surface area contributed by atoms with Gasteiger partial charge < -0.3 is 29.3 Å². The number of halogens is 1. The van der Waals surface area contributed by atoms with Crippen LogP contribution in [0.5, 0.6) is 17.2 Å². The number of phenolic OH excluding ortho intramolecular Hbond substituents is 1. The molecule has 3 rings (SSSR count). The van der Waals surface area contributed by atoms with Crippen molar-refractivity contribution in [3.8, 4) is 17.2 Å². The maximum atomic E-state index is 13.1. The van der Waals surface area contributed by atoms with Crippen LogP contribution in [0.25, 0.3) is 5.76 Å². The van der Waals surface area contributed by atoms with E-state index in [1.165, 1.54) is 43.4 Å². The van der Waals surface area contributed by atoms with Crippen LogP contribution in [-0.2, 0) is 14.3 Å². The number of phenols is 1. The molecule has 182 valence electrons. The molecule has 2 aromatic rings. The molecule has 1 amide bonds. The predicted octanol–water partition coefficient (Wildman–Crippen LogP) is 4.30. The number of benzene rings is 2. The van der Waals surface area contributed by atoms with Crippen molar-refractivity contribution in [3.63, 3.8) is 0 Å². The second kappa shape index (κ2) is 10.8. The second-order valence-corrected chi connectivity index (χ2v) is 8.45. The molecule has 0 saturated carbocycles. The molecule has 2 N–H and O–H groups in total. The number of aromatic hydroxyl groups is 1. The molecule has 0 bridgehead atoms. The van der Waals surface area contributed by atoms with E-state index in [2.05, 4.69) is 0 Å². The van der Waals surface area contributed by atoms with Gasteiger partial charge in [0, 0.05) is 19.2 Å². The average Bonchev–Trinajstić information content (AvgIpc) is 3.06. The molecular weight excluding hydrogens is 462 g/mol. The Morgan fingerprint density at radius 1 is 1.09 bits per heavy atom. The first kappa shape index (κ1) is 25.4. The Hall–Kier alpha value is -3.23. The van der Waals surface area contributed by atoms with Gasteiger partial charge in [-0.05, 0) is 44.0 Å². The minimum atomic E-state index is -0.870. The van der Waals surface area contributed by atoms with E-state index in [1.807, 2.05) is 13.8 Å². The van der Waals surface area contributed by atoms with E-state index >= 15 is 0 Å². The van der Waals surface area contributed by atoms with Gasteiger partial charge in [-0.2, -0.15) is 0 Å². The fourth-order valence-corrected chi connectivity index (χ4v) is 4.10. The summed E-state index contributed by atoms with van der Waals surface area (Å²) in [5.74, 6) is -1.39. The van der Waals surface area contributed by atoms with Crippen molar-refractivity contribution in [2.45, 2.75) is 32.4 Å². The third-order valence-corrected chi connectivity index (χ3v) is 5.77. The lowest BCUT2D eigenvalue weighted by molar-refractivity contribution is -0.140. The van der Waals surface area contributed by atoms with Crippen LogP contribution in [0.15, 0.2) is 42.0 Å². The predicted molar refractivity (Wildman–Crippen MR) is 127 cm³/mol. The Labute approximate surface area is 203 Å². The van der Waals surface area contributed by atoms with Crippen molar-refractivity contribution < 1.29 is 34.0 Å². The molecule has 34 heavy (non-hydrogen) atoms. The van der Waals surface area contributed by atoms with Crippen LogP contribution in [0, 0.1) is 0 Å². The third-order valence-electron chi connectivity index (χ3n) is 5.47. The second-order valence-electron chi connectivity index (χ2n) is 8.04. The molecule has 0 aliphatic carbocycles. The summed E-state index contributed by atoms with van der Waals surface area (Å²) in [5, 5.41) is 21.2. The summed E-state index contributed by atoms with van der Waals surface area (Å²) in [4.78, 5) is 27.6. The third kappa shape index (κ3) is 5.13. The number of methoxy groups -OCH3 is 2. The van der Waals surface area contributed by atoms with Gasteiger partial charge in [0.1, 0.15) is 23.0 Å². The van der Waals surface area contributed by atoms with Gasteiger partial charge in [0.2, 0.25) is 0 Å². The molecular formula is C25H28ClNO7. The minimum Gasteiger partial charge on any atom is -0.508 e. The van der Waals surface area contributed by atoms with Crippen molar-refractivity contribution in [2.24, 2.45) is 0 Å². The standard InChI is InChI=1S/C25H28ClNO7/c1-14(2)34-11-5-10-27-22(15-6-8-16(28)9-7-15)21(24(30)25(27)31)23(29)17-12-18(26)20(33-4)13-19(17)32-3/h6-9,12-14,22,28-29H,5,10-11H2,1-4H3/b23-21+. The van der Waals surface area contributed by atoms with Crippen molar-refractivity contribution in [1.82, 2.24) is 4.90 Å². The zero-order valence-electron chi connectivity index (χ0n) is 19.5. The molecule has 0 spiro atoms. The van der Waals surface area contributed by atoms with Gasteiger partial charge in [0.25, 0.3) is 11.7 Å². The number of carbonyl (C=O) groups excluding carboxylic acids is 2. The smallest absolute Gasteiger partial charge is 0.295 e. The van der Waals surface area contributed by atoms with Crippen LogP contribution in [0.1, 0.15) is 37.4 Å². The molecule has 1 aliphatic heterocycles. The number of likely N-dealkylation sites (tertiary alicyclic amines) is 1. The lowest BCUT2D eigenvalue weighted by Crippen LogP contribution is -2.31. The monoisotopic (exact) mass is 489 g/mol. The van der Waals surface area contributed by atoms with Gasteiger partial charge in [0.15, 0.2) is 0 Å². The number of ether oxygens (including phenoxy) is 3. The normalized spacial score (nSPS) is 17.5. The van der Waals surface area contributed by atoms with E-state index in [0.29, 0.717) is 24.3 Å². The molecule has 1 fully saturated rings. The van der Waals surface area contributed by atoms with Crippen LogP contribution < -0.4 is 9.47 Å². The summed E-state index contributed by atoms with van der Waals surface area (Å²) in [6, 6.07) is 8.18. The summed E-state index contributed by atoms with van der Waals surface area (Å²) >= 11 is 6.27. The fourth-order valence-electron chi connectivity index (χ4n) is 3.86. The minimum absolute atomic E-state index is 0.0367. The lowest BCUT2D eigenvalue weighted by atomic mass is 9.95. The maximum absolute atomic E-state index is 13.1. The van der Waals surface area contributed by atoms with Gasteiger partial charge in [-0.25, -0.2) is 0 Å². The SMILES string of the molecule is COc1cc(OC)c(/C(O)=C2\C(=O)C(=O)N(CCCOC(C)C)C2c2ccc(O)cc2)cc1Cl. The number of nitrogens with zero attached hydrogens (tertiary/aromatic N) is 1. The molecule has 1 unspecified atom stereocenters. The molecule has 2 aromatic carbocycles. The molecule has 0 radical (unpaired) electrons. The topological polar surface area (TPSA) is 106 Å². The molecule has 8 nitrogen and oxygen atoms in total. The molecule has 1 saturated heterocycles. The van der Waals surface area contributed by atoms with Crippen LogP contribution in [-0.4, -0.2) is 60.3 Å². The van der Waals surface area contributed by atoms with E-state index in [0.717, 1.165) is 0 Å². The molecule has 1 aliphatic rings. The van der Waals surface area contributed by atoms with E-state index in [-0.39, 0.29) is 40.3 Å². The van der Waals surface area contributed by atoms with Crippen molar-refractivity contribution in [3.05, 3.63) is 58.1 Å². The van der Waals surface area contributed by atoms with Gasteiger partial charge in [-0.1, -0.05) is 23.7 Å². The summed E-state index contributed by atoms with van der Waals surface area (Å²) in [5.41, 5.74) is 0.611. The van der Waals surface area contributed by atoms with Gasteiger partial charge in [-0.3, -0.25) is 9.59 Å². The number of aliphatic hydroxyl groups excluding tert-OH is 1. The number of hydrogen-bond donors (Lipinski definition) is 2. The number of aliphatic hydroxyl groups is 1. The van der Waals surface area contributed by atoms with E-state index < -0.39 is 23.5 Å². The number of amides is 1. The highest BCUT2D eigenvalue weighted by Gasteiger charge is 2.46. The number of rotatable bonds is 9. The van der Waals surface area contributed by atoms with E-state index in [4.69, 9.17) is 25.8 Å². The first-order chi connectivity index (χ1) is 16.2. The molecule has 9 heteroatoms. The Balaban J connectivity index is 2.12. The van der Waals surface area contributed by atoms with Crippen LogP contribution >= 0.6 is 11.6 Å². The van der Waals surface area contributed by atoms with Gasteiger partial charge in [0.05, 0.1) is 42.5 Å².